The van der Waals surface area contributed by atoms with Gasteiger partial charge in [-0.3, -0.25) is 4.79 Å². The molecule has 0 heterocycles. The van der Waals surface area contributed by atoms with Crippen molar-refractivity contribution in [2.75, 3.05) is 25.7 Å². The zero-order valence-electron chi connectivity index (χ0n) is 14.4. The highest BCUT2D eigenvalue weighted by molar-refractivity contribution is 6.06. The molecule has 0 saturated heterocycles. The van der Waals surface area contributed by atoms with Crippen molar-refractivity contribution < 1.29 is 18.7 Å². The second-order valence-electron chi connectivity index (χ2n) is 5.39. The van der Waals surface area contributed by atoms with Crippen LogP contribution in [-0.2, 0) is 0 Å². The summed E-state index contributed by atoms with van der Waals surface area (Å²) in [4.78, 5) is 14.3. The Balaban J connectivity index is 2.46. The van der Waals surface area contributed by atoms with Crippen LogP contribution in [0.25, 0.3) is 0 Å². The van der Waals surface area contributed by atoms with E-state index in [1.165, 1.54) is 25.2 Å². The van der Waals surface area contributed by atoms with Crippen LogP contribution in [0.3, 0.4) is 0 Å². The third kappa shape index (κ3) is 4.07. The Bertz CT molecular complexity index is 798. The largest absolute Gasteiger partial charge is 0.493 e. The minimum absolute atomic E-state index is 0.133. The second-order valence-corrected chi connectivity index (χ2v) is 5.39. The maximum Gasteiger partial charge on any atom is 0.261 e. The molecule has 0 aromatic heterocycles. The van der Waals surface area contributed by atoms with Crippen molar-refractivity contribution in [2.45, 2.75) is 13.3 Å². The van der Waals surface area contributed by atoms with E-state index in [0.717, 1.165) is 11.6 Å². The summed E-state index contributed by atoms with van der Waals surface area (Å²) in [5.41, 5.74) is 1.49. The SMILES string of the molecule is COc1cc(F)c(C(=O)N(CCC#N)c2ccc(C)cc2)cc1OC. The van der Waals surface area contributed by atoms with Gasteiger partial charge in [0.1, 0.15) is 5.82 Å². The summed E-state index contributed by atoms with van der Waals surface area (Å²) in [7, 11) is 2.81. The normalized spacial score (nSPS) is 10.0. The average molecular weight is 342 g/mol. The monoisotopic (exact) mass is 342 g/mol. The van der Waals surface area contributed by atoms with E-state index in [-0.39, 0.29) is 30.0 Å². The first-order valence-electron chi connectivity index (χ1n) is 7.68. The van der Waals surface area contributed by atoms with Crippen LogP contribution in [0.2, 0.25) is 0 Å². The van der Waals surface area contributed by atoms with Gasteiger partial charge in [-0.1, -0.05) is 17.7 Å². The summed E-state index contributed by atoms with van der Waals surface area (Å²) in [5, 5.41) is 8.87. The van der Waals surface area contributed by atoms with Crippen molar-refractivity contribution >= 4 is 11.6 Å². The Labute approximate surface area is 146 Å². The molecule has 2 aromatic carbocycles. The van der Waals surface area contributed by atoms with Crippen LogP contribution in [0.1, 0.15) is 22.3 Å². The van der Waals surface area contributed by atoms with Crippen LogP contribution in [-0.4, -0.2) is 26.7 Å². The molecule has 0 atom stereocenters. The van der Waals surface area contributed by atoms with Gasteiger partial charge in [0.05, 0.1) is 32.3 Å². The molecule has 0 unspecified atom stereocenters. The lowest BCUT2D eigenvalue weighted by Gasteiger charge is -2.23. The number of benzene rings is 2. The zero-order chi connectivity index (χ0) is 18.4. The lowest BCUT2D eigenvalue weighted by molar-refractivity contribution is 0.0983. The fourth-order valence-electron chi connectivity index (χ4n) is 2.40. The average Bonchev–Trinajstić information content (AvgIpc) is 2.62. The predicted molar refractivity (Wildman–Crippen MR) is 92.6 cm³/mol. The number of nitrogens with zero attached hydrogens (tertiary/aromatic N) is 2. The Hall–Kier alpha value is -3.07. The molecule has 0 aliphatic carbocycles. The lowest BCUT2D eigenvalue weighted by atomic mass is 10.1. The minimum atomic E-state index is -0.711. The Kier molecular flexibility index (Phi) is 5.96. The molecule has 0 aliphatic heterocycles. The molecule has 0 spiro atoms. The fourth-order valence-corrected chi connectivity index (χ4v) is 2.40. The van der Waals surface area contributed by atoms with Crippen LogP contribution in [0.15, 0.2) is 36.4 Å². The number of amides is 1. The smallest absolute Gasteiger partial charge is 0.261 e. The fraction of sp³-hybridized carbons (Fsp3) is 0.263. The summed E-state index contributed by atoms with van der Waals surface area (Å²) in [5.74, 6) is -0.791. The van der Waals surface area contributed by atoms with Crippen molar-refractivity contribution in [1.29, 1.82) is 5.26 Å². The minimum Gasteiger partial charge on any atom is -0.493 e. The predicted octanol–water partition coefficient (Wildman–Crippen LogP) is 3.71. The van der Waals surface area contributed by atoms with Crippen molar-refractivity contribution in [1.82, 2.24) is 0 Å². The number of anilines is 1. The highest BCUT2D eigenvalue weighted by Gasteiger charge is 2.23. The van der Waals surface area contributed by atoms with Crippen LogP contribution in [0, 0.1) is 24.1 Å². The lowest BCUT2D eigenvalue weighted by Crippen LogP contribution is -2.32. The molecular weight excluding hydrogens is 323 g/mol. The standard InChI is InChI=1S/C19H19FN2O3/c1-13-5-7-14(8-6-13)22(10-4-9-21)19(23)15-11-17(24-2)18(25-3)12-16(15)20/h5-8,11-12H,4,10H2,1-3H3. The molecule has 0 aliphatic rings. The van der Waals surface area contributed by atoms with Gasteiger partial charge in [0.2, 0.25) is 0 Å². The van der Waals surface area contributed by atoms with E-state index < -0.39 is 11.7 Å². The molecule has 130 valence electrons. The van der Waals surface area contributed by atoms with Gasteiger partial charge in [-0.25, -0.2) is 4.39 Å². The highest BCUT2D eigenvalue weighted by Crippen LogP contribution is 2.31. The molecule has 2 rings (SSSR count). The van der Waals surface area contributed by atoms with Gasteiger partial charge in [0.15, 0.2) is 11.5 Å². The van der Waals surface area contributed by atoms with Gasteiger partial charge >= 0.3 is 0 Å². The van der Waals surface area contributed by atoms with Gasteiger partial charge in [0, 0.05) is 18.3 Å². The first kappa shape index (κ1) is 18.3. The molecule has 2 aromatic rings. The quantitative estimate of drug-likeness (QED) is 0.803. The van der Waals surface area contributed by atoms with Crippen molar-refractivity contribution in [2.24, 2.45) is 0 Å². The van der Waals surface area contributed by atoms with Crippen LogP contribution in [0.4, 0.5) is 10.1 Å². The summed E-state index contributed by atoms with van der Waals surface area (Å²) in [6.07, 6.45) is 0.133. The van der Waals surface area contributed by atoms with E-state index in [9.17, 15) is 9.18 Å². The van der Waals surface area contributed by atoms with E-state index in [0.29, 0.717) is 5.69 Å². The second kappa shape index (κ2) is 8.15. The van der Waals surface area contributed by atoms with Crippen molar-refractivity contribution in [3.05, 3.63) is 53.3 Å². The van der Waals surface area contributed by atoms with Crippen LogP contribution < -0.4 is 14.4 Å². The molecule has 6 heteroatoms. The number of ether oxygens (including phenoxy) is 2. The number of hydrogen-bond donors (Lipinski definition) is 0. The van der Waals surface area contributed by atoms with Gasteiger partial charge < -0.3 is 14.4 Å². The number of nitriles is 1. The summed E-state index contributed by atoms with van der Waals surface area (Å²) >= 11 is 0. The maximum absolute atomic E-state index is 14.4. The van der Waals surface area contributed by atoms with Gasteiger partial charge in [-0.05, 0) is 25.1 Å². The maximum atomic E-state index is 14.4. The Morgan fingerprint density at radius 1 is 1.16 bits per heavy atom. The van der Waals surface area contributed by atoms with Gasteiger partial charge in [-0.15, -0.1) is 0 Å². The van der Waals surface area contributed by atoms with E-state index in [2.05, 4.69) is 0 Å². The Morgan fingerprint density at radius 2 is 1.76 bits per heavy atom. The summed E-state index contributed by atoms with van der Waals surface area (Å²) in [6.45, 7) is 2.09. The van der Waals surface area contributed by atoms with Crippen LogP contribution >= 0.6 is 0 Å². The molecule has 25 heavy (non-hydrogen) atoms. The van der Waals surface area contributed by atoms with Crippen molar-refractivity contribution in [3.8, 4) is 17.6 Å². The molecule has 0 saturated carbocycles. The molecule has 0 radical (unpaired) electrons. The first-order valence-corrected chi connectivity index (χ1v) is 7.68. The van der Waals surface area contributed by atoms with E-state index in [1.54, 1.807) is 12.1 Å². The zero-order valence-corrected chi connectivity index (χ0v) is 14.4. The molecule has 0 N–H and O–H groups in total. The number of methoxy groups -OCH3 is 2. The third-order valence-corrected chi connectivity index (χ3v) is 3.74. The summed E-state index contributed by atoms with van der Waals surface area (Å²) in [6, 6.07) is 11.7. The molecule has 0 bridgehead atoms. The number of rotatable bonds is 6. The highest BCUT2D eigenvalue weighted by atomic mass is 19.1. The van der Waals surface area contributed by atoms with Gasteiger partial charge in [0.25, 0.3) is 5.91 Å². The number of aryl methyl sites for hydroxylation is 1. The topological polar surface area (TPSA) is 62.6 Å². The van der Waals surface area contributed by atoms with E-state index in [4.69, 9.17) is 14.7 Å². The molecule has 0 fully saturated rings. The Morgan fingerprint density at radius 3 is 2.32 bits per heavy atom. The number of carbonyl (C=O) groups is 1. The van der Waals surface area contributed by atoms with Crippen molar-refractivity contribution in [3.63, 3.8) is 0 Å². The van der Waals surface area contributed by atoms with E-state index >= 15 is 0 Å². The number of hydrogen-bond acceptors (Lipinski definition) is 4. The molecule has 1 amide bonds. The number of halogens is 1. The third-order valence-electron chi connectivity index (χ3n) is 3.74. The first-order chi connectivity index (χ1) is 12.0. The molecule has 5 nitrogen and oxygen atoms in total. The van der Waals surface area contributed by atoms with Crippen LogP contribution in [0.5, 0.6) is 11.5 Å². The molecular formula is C19H19FN2O3. The number of carbonyl (C=O) groups excluding carboxylic acids is 1. The van der Waals surface area contributed by atoms with Gasteiger partial charge in [-0.2, -0.15) is 5.26 Å². The summed E-state index contributed by atoms with van der Waals surface area (Å²) < 4.78 is 24.6. The van der Waals surface area contributed by atoms with E-state index in [1.807, 2.05) is 25.1 Å².